The lowest BCUT2D eigenvalue weighted by atomic mass is 10.0. The Bertz CT molecular complexity index is 1000. The van der Waals surface area contributed by atoms with Gasteiger partial charge >= 0.3 is 11.9 Å². The number of rotatable bonds is 40. The van der Waals surface area contributed by atoms with Crippen molar-refractivity contribution in [3.8, 4) is 0 Å². The van der Waals surface area contributed by atoms with Crippen molar-refractivity contribution in [3.63, 3.8) is 0 Å². The fourth-order valence-electron chi connectivity index (χ4n) is 5.32. The number of carboxylic acid groups (broad SMARTS) is 2. The molecule has 314 valence electrons. The third-order valence-electron chi connectivity index (χ3n) is 8.40. The molecule has 54 heavy (non-hydrogen) atoms. The highest BCUT2D eigenvalue weighted by Gasteiger charge is 2.20. The van der Waals surface area contributed by atoms with Gasteiger partial charge in [0.15, 0.2) is 0 Å². The molecule has 1 atom stereocenters. The maximum atomic E-state index is 12.3. The Morgan fingerprint density at radius 3 is 1.39 bits per heavy atom. The molecule has 0 heterocycles. The van der Waals surface area contributed by atoms with Crippen LogP contribution in [0.15, 0.2) is 0 Å². The van der Waals surface area contributed by atoms with E-state index in [1.54, 1.807) is 6.26 Å². The van der Waals surface area contributed by atoms with E-state index in [9.17, 15) is 33.9 Å². The van der Waals surface area contributed by atoms with Gasteiger partial charge in [0.25, 0.3) is 0 Å². The number of ether oxygens (including phenoxy) is 4. The quantitative estimate of drug-likeness (QED) is 0.0536. The van der Waals surface area contributed by atoms with E-state index in [-0.39, 0.29) is 88.1 Å². The maximum Gasteiger partial charge on any atom is 0.326 e. The Morgan fingerprint density at radius 1 is 0.500 bits per heavy atom. The molecule has 0 aliphatic heterocycles. The highest BCUT2D eigenvalue weighted by molar-refractivity contribution is 8.13. The Labute approximate surface area is 326 Å². The number of hydrogen-bond donors (Lipinski definition) is 5. The van der Waals surface area contributed by atoms with Gasteiger partial charge in [0.05, 0.1) is 39.6 Å². The van der Waals surface area contributed by atoms with E-state index in [1.807, 2.05) is 0 Å². The number of carbonyl (C=O) groups is 6. The Kier molecular flexibility index (Phi) is 36.5. The first-order valence-electron chi connectivity index (χ1n) is 19.8. The monoisotopic (exact) mass is 791 g/mol. The maximum absolute atomic E-state index is 12.3. The summed E-state index contributed by atoms with van der Waals surface area (Å²) in [6.45, 7) is 2.00. The lowest BCUT2D eigenvalue weighted by Crippen LogP contribution is -2.41. The van der Waals surface area contributed by atoms with E-state index >= 15 is 0 Å². The van der Waals surface area contributed by atoms with Crippen molar-refractivity contribution in [2.24, 2.45) is 0 Å². The number of aliphatic carboxylic acids is 2. The van der Waals surface area contributed by atoms with Crippen molar-refractivity contribution in [1.82, 2.24) is 16.0 Å². The van der Waals surface area contributed by atoms with Crippen LogP contribution in [0.2, 0.25) is 0 Å². The molecule has 0 radical (unpaired) electrons. The molecule has 0 fully saturated rings. The minimum absolute atomic E-state index is 0.0130. The van der Waals surface area contributed by atoms with Crippen molar-refractivity contribution in [2.45, 2.75) is 134 Å². The first-order valence-corrected chi connectivity index (χ1v) is 21.0. The van der Waals surface area contributed by atoms with Crippen LogP contribution in [0.5, 0.6) is 0 Å². The number of hydrogen-bond acceptors (Lipinski definition) is 11. The second kappa shape index (κ2) is 38.5. The molecule has 0 aliphatic rings. The van der Waals surface area contributed by atoms with Gasteiger partial charge in [-0.15, -0.1) is 0 Å². The molecule has 0 aliphatic carbocycles. The first kappa shape index (κ1) is 51.2. The molecule has 0 aromatic carbocycles. The highest BCUT2D eigenvalue weighted by Crippen LogP contribution is 2.14. The zero-order valence-corrected chi connectivity index (χ0v) is 33.5. The van der Waals surface area contributed by atoms with Crippen LogP contribution in [0.1, 0.15) is 128 Å². The first-order chi connectivity index (χ1) is 26.1. The summed E-state index contributed by atoms with van der Waals surface area (Å²) >= 11 is 1.11. The Morgan fingerprint density at radius 2 is 0.926 bits per heavy atom. The summed E-state index contributed by atoms with van der Waals surface area (Å²) in [5.74, 6) is -2.83. The summed E-state index contributed by atoms with van der Waals surface area (Å²) in [5.41, 5.74) is 0. The van der Waals surface area contributed by atoms with Crippen LogP contribution in [0.25, 0.3) is 0 Å². The minimum atomic E-state index is -1.17. The summed E-state index contributed by atoms with van der Waals surface area (Å²) in [7, 11) is 0. The molecule has 16 heteroatoms. The second-order valence-electron chi connectivity index (χ2n) is 13.2. The number of nitrogens with one attached hydrogen (secondary N) is 3. The van der Waals surface area contributed by atoms with Crippen LogP contribution in [-0.4, -0.2) is 123 Å². The molecule has 0 unspecified atom stereocenters. The van der Waals surface area contributed by atoms with E-state index in [1.165, 1.54) is 57.8 Å². The standard InChI is InChI=1S/C38H69N3O12S/c1-54-37(47)31-53-29-27-51-25-23-40-35(44)30-52-28-26-50-24-22-39-33(42)21-20-32(38(48)49)41-34(43)18-16-14-12-10-8-6-4-2-3-5-7-9-11-13-15-17-19-36(45)46/h32H,2-31H2,1H3,(H,39,42)(H,40,44)(H,41,43)(H,45,46)(H,48,49)/t32-/m0/s1. The minimum Gasteiger partial charge on any atom is -0.481 e. The van der Waals surface area contributed by atoms with E-state index in [2.05, 4.69) is 16.0 Å². The van der Waals surface area contributed by atoms with Crippen LogP contribution in [0.3, 0.4) is 0 Å². The van der Waals surface area contributed by atoms with Gasteiger partial charge in [-0.25, -0.2) is 4.79 Å². The predicted octanol–water partition coefficient (Wildman–Crippen LogP) is 4.63. The SMILES string of the molecule is CSC(=O)COCCOCCNC(=O)COCCOCCNC(=O)CC[C@H](NC(=O)CCCCCCCCCCCCCCCCCCC(=O)O)C(=O)O. The molecule has 0 aromatic heterocycles. The Hall–Kier alpha value is -2.79. The number of carbonyl (C=O) groups excluding carboxylic acids is 4. The van der Waals surface area contributed by atoms with Crippen LogP contribution in [-0.2, 0) is 47.7 Å². The Balaban J connectivity index is 3.64. The van der Waals surface area contributed by atoms with Gasteiger partial charge in [-0.05, 0) is 25.5 Å². The molecule has 0 saturated carbocycles. The summed E-state index contributed by atoms with van der Waals surface area (Å²) in [4.78, 5) is 69.4. The van der Waals surface area contributed by atoms with Crippen LogP contribution in [0, 0.1) is 0 Å². The zero-order chi connectivity index (χ0) is 39.9. The fraction of sp³-hybridized carbons (Fsp3) is 0.842. The second-order valence-corrected chi connectivity index (χ2v) is 14.0. The van der Waals surface area contributed by atoms with Gasteiger partial charge in [-0.3, -0.25) is 24.0 Å². The number of unbranched alkanes of at least 4 members (excludes halogenated alkanes) is 15. The molecular formula is C38H69N3O12S. The highest BCUT2D eigenvalue weighted by atomic mass is 32.2. The van der Waals surface area contributed by atoms with Crippen molar-refractivity contribution in [3.05, 3.63) is 0 Å². The lowest BCUT2D eigenvalue weighted by Gasteiger charge is -2.14. The smallest absolute Gasteiger partial charge is 0.326 e. The van der Waals surface area contributed by atoms with E-state index in [4.69, 9.17) is 24.1 Å². The van der Waals surface area contributed by atoms with Gasteiger partial charge in [-0.1, -0.05) is 102 Å². The zero-order valence-electron chi connectivity index (χ0n) is 32.7. The van der Waals surface area contributed by atoms with Gasteiger partial charge in [0.1, 0.15) is 19.3 Å². The van der Waals surface area contributed by atoms with Crippen molar-refractivity contribution >= 4 is 46.5 Å². The molecule has 0 saturated heterocycles. The molecular weight excluding hydrogens is 722 g/mol. The third-order valence-corrected chi connectivity index (χ3v) is 8.97. The number of amides is 3. The topological polar surface area (TPSA) is 216 Å². The number of carboxylic acids is 2. The number of thioether (sulfide) groups is 1. The molecule has 5 N–H and O–H groups in total. The summed E-state index contributed by atoms with van der Waals surface area (Å²) < 4.78 is 21.1. The van der Waals surface area contributed by atoms with Crippen LogP contribution in [0.4, 0.5) is 0 Å². The normalized spacial score (nSPS) is 11.6. The molecule has 3 amide bonds. The summed E-state index contributed by atoms with van der Waals surface area (Å²) in [6.07, 6.45) is 20.1. The van der Waals surface area contributed by atoms with Crippen LogP contribution >= 0.6 is 11.8 Å². The molecule has 0 spiro atoms. The van der Waals surface area contributed by atoms with E-state index in [0.717, 1.165) is 50.3 Å². The van der Waals surface area contributed by atoms with Gasteiger partial charge in [0.2, 0.25) is 22.8 Å². The molecule has 15 nitrogen and oxygen atoms in total. The van der Waals surface area contributed by atoms with Gasteiger partial charge < -0.3 is 45.1 Å². The van der Waals surface area contributed by atoms with Crippen molar-refractivity contribution in [2.75, 3.05) is 72.2 Å². The summed E-state index contributed by atoms with van der Waals surface area (Å²) in [5, 5.41) is 25.9. The van der Waals surface area contributed by atoms with Crippen molar-refractivity contribution in [1.29, 1.82) is 0 Å². The van der Waals surface area contributed by atoms with E-state index in [0.29, 0.717) is 32.8 Å². The largest absolute Gasteiger partial charge is 0.481 e. The molecule has 0 bridgehead atoms. The van der Waals surface area contributed by atoms with Gasteiger partial charge in [0, 0.05) is 32.4 Å². The van der Waals surface area contributed by atoms with Gasteiger partial charge in [-0.2, -0.15) is 0 Å². The van der Waals surface area contributed by atoms with E-state index < -0.39 is 18.0 Å². The average Bonchev–Trinajstić information content (AvgIpc) is 3.14. The average molecular weight is 792 g/mol. The lowest BCUT2D eigenvalue weighted by molar-refractivity contribution is -0.142. The third kappa shape index (κ3) is 37.5. The predicted molar refractivity (Wildman–Crippen MR) is 207 cm³/mol. The van der Waals surface area contributed by atoms with Crippen LogP contribution < -0.4 is 16.0 Å². The van der Waals surface area contributed by atoms with Crippen molar-refractivity contribution < 1.29 is 57.9 Å². The molecule has 0 rings (SSSR count). The fourth-order valence-corrected chi connectivity index (χ4v) is 5.52. The molecule has 0 aromatic rings. The summed E-state index contributed by atoms with van der Waals surface area (Å²) in [6, 6.07) is -1.13.